The predicted molar refractivity (Wildman–Crippen MR) is 276 cm³/mol. The molecule has 0 aliphatic heterocycles. The van der Waals surface area contributed by atoms with Crippen LogP contribution in [0.1, 0.15) is 0 Å². The molecule has 0 fully saturated rings. The molecule has 64 heavy (non-hydrogen) atoms. The Balaban J connectivity index is 1.12. The third-order valence-electron chi connectivity index (χ3n) is 12.6. The fourth-order valence-electron chi connectivity index (χ4n) is 9.67. The van der Waals surface area contributed by atoms with Crippen LogP contribution in [-0.2, 0) is 0 Å². The molecule has 1 aromatic heterocycles. The Morgan fingerprint density at radius 2 is 0.734 bits per heavy atom. The minimum Gasteiger partial charge on any atom is -0.310 e. The summed E-state index contributed by atoms with van der Waals surface area (Å²) in [7, 11) is 0. The van der Waals surface area contributed by atoms with Crippen molar-refractivity contribution in [3.8, 4) is 55.6 Å². The minimum atomic E-state index is 1.08. The van der Waals surface area contributed by atoms with Crippen LogP contribution < -0.4 is 4.90 Å². The van der Waals surface area contributed by atoms with E-state index in [4.69, 9.17) is 0 Å². The number of benzene rings is 11. The predicted octanol–water partition coefficient (Wildman–Crippen LogP) is 18.2. The number of thiophene rings is 1. The van der Waals surface area contributed by atoms with Gasteiger partial charge in [-0.1, -0.05) is 200 Å². The highest BCUT2D eigenvalue weighted by molar-refractivity contribution is 7.26. The lowest BCUT2D eigenvalue weighted by molar-refractivity contribution is 1.29. The van der Waals surface area contributed by atoms with Crippen LogP contribution in [0.15, 0.2) is 249 Å². The quantitative estimate of drug-likeness (QED) is 0.138. The van der Waals surface area contributed by atoms with Gasteiger partial charge in [0, 0.05) is 37.2 Å². The Morgan fingerprint density at radius 3 is 1.36 bits per heavy atom. The van der Waals surface area contributed by atoms with Crippen LogP contribution in [0.3, 0.4) is 0 Å². The Bertz CT molecular complexity index is 3570. The maximum absolute atomic E-state index is 2.45. The lowest BCUT2D eigenvalue weighted by Crippen LogP contribution is -2.10. The number of fused-ring (bicyclic) bond motifs is 6. The van der Waals surface area contributed by atoms with E-state index in [1.54, 1.807) is 0 Å². The first-order valence-electron chi connectivity index (χ1n) is 21.9. The lowest BCUT2D eigenvalue weighted by Gasteiger charge is -2.28. The van der Waals surface area contributed by atoms with Crippen LogP contribution in [0.2, 0.25) is 0 Å². The van der Waals surface area contributed by atoms with Crippen LogP contribution in [-0.4, -0.2) is 0 Å². The molecule has 1 nitrogen and oxygen atoms in total. The summed E-state index contributed by atoms with van der Waals surface area (Å²) in [5.74, 6) is 0. The highest BCUT2D eigenvalue weighted by Crippen LogP contribution is 2.48. The molecule has 0 bridgehead atoms. The van der Waals surface area contributed by atoms with Gasteiger partial charge in [-0.15, -0.1) is 11.3 Å². The van der Waals surface area contributed by atoms with Crippen molar-refractivity contribution < 1.29 is 0 Å². The average Bonchev–Trinajstić information content (AvgIpc) is 3.76. The molecule has 0 spiro atoms. The van der Waals surface area contributed by atoms with Crippen LogP contribution in [0.4, 0.5) is 17.1 Å². The summed E-state index contributed by atoms with van der Waals surface area (Å²) < 4.78 is 2.63. The summed E-state index contributed by atoms with van der Waals surface area (Å²) in [5, 5.41) is 7.55. The second kappa shape index (κ2) is 16.0. The molecule has 0 unspecified atom stereocenters. The van der Waals surface area contributed by atoms with E-state index in [1.165, 1.54) is 86.2 Å². The molecule has 12 aromatic rings. The molecular formula is C62H41NS. The first kappa shape index (κ1) is 37.7. The molecule has 0 atom stereocenters. The normalized spacial score (nSPS) is 11.4. The lowest BCUT2D eigenvalue weighted by atomic mass is 9.85. The molecule has 0 amide bonds. The third-order valence-corrected chi connectivity index (χ3v) is 13.8. The standard InChI is InChI=1S/C62H41NS/c1-5-18-42(19-6-1)47-38-48(43-20-7-2-8-21-43)40-51(39-47)63(49-34-32-44(33-35-49)52-29-17-30-57-55-27-15-16-31-59(55)64-62(52)57)50-36-37-54-53-26-13-14-28-56(53)60(45-22-9-3-10-23-45)61(58(54)41-50)46-24-11-4-12-25-46/h1-41H. The summed E-state index contributed by atoms with van der Waals surface area (Å²) >= 11 is 1.88. The first-order chi connectivity index (χ1) is 31.7. The summed E-state index contributed by atoms with van der Waals surface area (Å²) in [6.45, 7) is 0. The van der Waals surface area contributed by atoms with Crippen LogP contribution in [0.5, 0.6) is 0 Å². The van der Waals surface area contributed by atoms with E-state index in [9.17, 15) is 0 Å². The Hall–Kier alpha value is -8.04. The van der Waals surface area contributed by atoms with E-state index in [0.29, 0.717) is 0 Å². The van der Waals surface area contributed by atoms with Gasteiger partial charge in [0.2, 0.25) is 0 Å². The van der Waals surface area contributed by atoms with Crippen LogP contribution in [0.25, 0.3) is 97.4 Å². The van der Waals surface area contributed by atoms with Crippen molar-refractivity contribution in [2.75, 3.05) is 4.90 Å². The van der Waals surface area contributed by atoms with Crippen LogP contribution in [0, 0.1) is 0 Å². The van der Waals surface area contributed by atoms with E-state index < -0.39 is 0 Å². The molecule has 11 aromatic carbocycles. The Morgan fingerprint density at radius 1 is 0.250 bits per heavy atom. The fourth-order valence-corrected chi connectivity index (χ4v) is 10.9. The van der Waals surface area contributed by atoms with Crippen molar-refractivity contribution in [1.29, 1.82) is 0 Å². The molecule has 1 heterocycles. The number of hydrogen-bond donors (Lipinski definition) is 0. The van der Waals surface area contributed by atoms with Gasteiger partial charge in [0.1, 0.15) is 0 Å². The molecule has 0 saturated carbocycles. The number of nitrogens with zero attached hydrogens (tertiary/aromatic N) is 1. The topological polar surface area (TPSA) is 3.24 Å². The second-order valence-corrected chi connectivity index (χ2v) is 17.5. The zero-order valence-corrected chi connectivity index (χ0v) is 35.8. The summed E-state index contributed by atoms with van der Waals surface area (Å²) in [6.07, 6.45) is 0. The minimum absolute atomic E-state index is 1.08. The number of anilines is 3. The van der Waals surface area contributed by atoms with Gasteiger partial charge in [0.25, 0.3) is 0 Å². The highest BCUT2D eigenvalue weighted by Gasteiger charge is 2.22. The molecular weight excluding hydrogens is 791 g/mol. The van der Waals surface area contributed by atoms with Gasteiger partial charge in [-0.25, -0.2) is 0 Å². The van der Waals surface area contributed by atoms with Gasteiger partial charge in [-0.3, -0.25) is 0 Å². The molecule has 2 heteroatoms. The fraction of sp³-hybridized carbons (Fsp3) is 0. The molecule has 12 rings (SSSR count). The summed E-state index contributed by atoms with van der Waals surface area (Å²) in [5.41, 5.74) is 15.3. The zero-order valence-electron chi connectivity index (χ0n) is 35.0. The van der Waals surface area contributed by atoms with E-state index in [0.717, 1.165) is 28.2 Å². The van der Waals surface area contributed by atoms with Gasteiger partial charge >= 0.3 is 0 Å². The Kier molecular flexibility index (Phi) is 9.43. The number of rotatable bonds is 8. The summed E-state index contributed by atoms with van der Waals surface area (Å²) in [6, 6.07) is 91.0. The summed E-state index contributed by atoms with van der Waals surface area (Å²) in [4.78, 5) is 2.45. The van der Waals surface area contributed by atoms with Crippen LogP contribution >= 0.6 is 11.3 Å². The average molecular weight is 832 g/mol. The smallest absolute Gasteiger partial charge is 0.0473 e. The zero-order chi connectivity index (χ0) is 42.4. The van der Waals surface area contributed by atoms with Gasteiger partial charge in [-0.05, 0) is 126 Å². The van der Waals surface area contributed by atoms with Gasteiger partial charge in [0.05, 0.1) is 0 Å². The van der Waals surface area contributed by atoms with E-state index in [-0.39, 0.29) is 0 Å². The molecule has 0 aliphatic carbocycles. The van der Waals surface area contributed by atoms with Crippen molar-refractivity contribution in [3.05, 3.63) is 249 Å². The molecule has 0 saturated heterocycles. The SMILES string of the molecule is c1ccc(-c2cc(-c3ccccc3)cc(N(c3ccc(-c4cccc5c4sc4ccccc45)cc3)c3ccc4c(c3)c(-c3ccccc3)c(-c3ccccc3)c3ccccc34)c2)cc1. The maximum Gasteiger partial charge on any atom is 0.0473 e. The van der Waals surface area contributed by atoms with Crippen molar-refractivity contribution in [1.82, 2.24) is 0 Å². The second-order valence-electron chi connectivity index (χ2n) is 16.4. The van der Waals surface area contributed by atoms with Gasteiger partial charge in [-0.2, -0.15) is 0 Å². The Labute approximate surface area is 377 Å². The molecule has 0 N–H and O–H groups in total. The first-order valence-corrected chi connectivity index (χ1v) is 22.7. The van der Waals surface area contributed by atoms with E-state index in [2.05, 4.69) is 254 Å². The number of hydrogen-bond acceptors (Lipinski definition) is 2. The molecule has 300 valence electrons. The highest BCUT2D eigenvalue weighted by atomic mass is 32.1. The van der Waals surface area contributed by atoms with Crippen molar-refractivity contribution >= 4 is 70.1 Å². The van der Waals surface area contributed by atoms with E-state index in [1.807, 2.05) is 11.3 Å². The van der Waals surface area contributed by atoms with Gasteiger partial charge < -0.3 is 4.90 Å². The van der Waals surface area contributed by atoms with Crippen molar-refractivity contribution in [2.24, 2.45) is 0 Å². The van der Waals surface area contributed by atoms with Crippen molar-refractivity contribution in [2.45, 2.75) is 0 Å². The maximum atomic E-state index is 2.45. The van der Waals surface area contributed by atoms with Crippen molar-refractivity contribution in [3.63, 3.8) is 0 Å². The third kappa shape index (κ3) is 6.64. The monoisotopic (exact) mass is 831 g/mol. The largest absolute Gasteiger partial charge is 0.310 e. The molecule has 0 aliphatic rings. The van der Waals surface area contributed by atoms with Gasteiger partial charge in [0.15, 0.2) is 0 Å². The van der Waals surface area contributed by atoms with E-state index >= 15 is 0 Å². The molecule has 0 radical (unpaired) electrons.